The molecule has 0 fully saturated rings. The maximum atomic E-state index is 12.5. The number of nitrogen functional groups attached to an aromatic ring is 1. The van der Waals surface area contributed by atoms with E-state index >= 15 is 0 Å². The normalized spacial score (nSPS) is 13.4. The Labute approximate surface area is 204 Å². The lowest BCUT2D eigenvalue weighted by atomic mass is 10.1. The van der Waals surface area contributed by atoms with E-state index in [1.807, 2.05) is 13.0 Å². The Morgan fingerprint density at radius 1 is 1.17 bits per heavy atom. The topological polar surface area (TPSA) is 177 Å². The van der Waals surface area contributed by atoms with Crippen LogP contribution in [0.4, 0.5) is 5.69 Å². The van der Waals surface area contributed by atoms with Gasteiger partial charge >= 0.3 is 5.97 Å². The molecular weight excluding hydrogens is 450 g/mol. The summed E-state index contributed by atoms with van der Waals surface area (Å²) >= 11 is 0. The van der Waals surface area contributed by atoms with Crippen molar-refractivity contribution in [1.29, 1.82) is 0 Å². The number of nitrogens with zero attached hydrogens (tertiary/aromatic N) is 4. The minimum atomic E-state index is -1.23. The maximum absolute atomic E-state index is 12.5. The molecule has 0 aliphatic heterocycles. The highest BCUT2D eigenvalue weighted by molar-refractivity contribution is 6.43. The molecule has 0 radical (unpaired) electrons. The molecule has 0 bridgehead atoms. The monoisotopic (exact) mass is 481 g/mol. The average molecular weight is 482 g/mol. The van der Waals surface area contributed by atoms with Crippen molar-refractivity contribution < 1.29 is 19.4 Å². The van der Waals surface area contributed by atoms with Crippen LogP contribution in [0.2, 0.25) is 0 Å². The fourth-order valence-corrected chi connectivity index (χ4v) is 2.64. The molecule has 11 heteroatoms. The van der Waals surface area contributed by atoms with Crippen LogP contribution in [0.5, 0.6) is 0 Å². The number of guanidine groups is 1. The second kappa shape index (κ2) is 14.7. The number of aromatic carboxylic acids is 1. The van der Waals surface area contributed by atoms with Crippen LogP contribution in [0.15, 0.2) is 74.1 Å². The number of carboxylic acids is 1. The van der Waals surface area contributed by atoms with Crippen molar-refractivity contribution in [3.05, 3.63) is 65.3 Å². The molecule has 1 rings (SSSR count). The number of hydrogen-bond acceptors (Lipinski definition) is 6. The van der Waals surface area contributed by atoms with E-state index in [9.17, 15) is 14.7 Å². The van der Waals surface area contributed by atoms with Gasteiger partial charge < -0.3 is 26.6 Å². The number of allylic oxidation sites excluding steroid dienone is 2. The van der Waals surface area contributed by atoms with Crippen molar-refractivity contribution in [3.8, 4) is 0 Å². The van der Waals surface area contributed by atoms with Crippen LogP contribution in [-0.2, 0) is 4.74 Å². The SMILES string of the molecule is C=CC(=CC=C(C)COCC(=NC)C(N=C(N)N=C)=NC)CNC(=O)c1ccc(N)cc1C(=O)O. The van der Waals surface area contributed by atoms with Gasteiger partial charge in [0.05, 0.1) is 24.3 Å². The number of carbonyl (C=O) groups is 2. The standard InChI is InChI=1S/C24H31N7O4/c1-6-16(12-30-22(32)18-10-9-17(25)11-19(18)23(33)34)8-7-15(2)13-35-14-20(27-3)21(28-4)31-24(26)29-5/h6-11H,1,5,12-14,25H2,2-4H3,(H,30,32)(H,33,34)(H2,26,28,31). The smallest absolute Gasteiger partial charge is 0.336 e. The molecule has 0 saturated carbocycles. The molecule has 186 valence electrons. The first-order valence-electron chi connectivity index (χ1n) is 10.4. The first-order chi connectivity index (χ1) is 16.7. The van der Waals surface area contributed by atoms with Crippen molar-refractivity contribution in [2.24, 2.45) is 25.7 Å². The maximum Gasteiger partial charge on any atom is 0.336 e. The Hall–Kier alpha value is -4.38. The summed E-state index contributed by atoms with van der Waals surface area (Å²) in [5, 5.41) is 12.0. The van der Waals surface area contributed by atoms with Crippen molar-refractivity contribution in [1.82, 2.24) is 5.32 Å². The van der Waals surface area contributed by atoms with Crippen molar-refractivity contribution in [2.45, 2.75) is 6.92 Å². The third kappa shape index (κ3) is 9.56. The molecule has 0 heterocycles. The average Bonchev–Trinajstić information content (AvgIpc) is 2.84. The summed E-state index contributed by atoms with van der Waals surface area (Å²) in [6, 6.07) is 4.09. The summed E-state index contributed by atoms with van der Waals surface area (Å²) in [6.07, 6.45) is 5.19. The van der Waals surface area contributed by atoms with Crippen molar-refractivity contribution in [2.75, 3.05) is 39.6 Å². The molecule has 1 amide bonds. The zero-order chi connectivity index (χ0) is 26.4. The largest absolute Gasteiger partial charge is 0.478 e. The third-order valence-corrected chi connectivity index (χ3v) is 4.51. The molecule has 35 heavy (non-hydrogen) atoms. The van der Waals surface area contributed by atoms with E-state index in [0.29, 0.717) is 23.7 Å². The Kier molecular flexibility index (Phi) is 12.0. The van der Waals surface area contributed by atoms with E-state index in [4.69, 9.17) is 16.2 Å². The van der Waals surface area contributed by atoms with Gasteiger partial charge in [0.2, 0.25) is 5.96 Å². The Morgan fingerprint density at radius 3 is 2.46 bits per heavy atom. The molecule has 0 unspecified atom stereocenters. The lowest BCUT2D eigenvalue weighted by Gasteiger charge is -2.09. The number of aliphatic imine (C=N–C) groups is 4. The summed E-state index contributed by atoms with van der Waals surface area (Å²) in [4.78, 5) is 39.6. The summed E-state index contributed by atoms with van der Waals surface area (Å²) in [6.45, 7) is 9.54. The lowest BCUT2D eigenvalue weighted by molar-refractivity contribution is 0.0691. The minimum Gasteiger partial charge on any atom is -0.478 e. The molecule has 0 aromatic heterocycles. The Bertz CT molecular complexity index is 1110. The second-order valence-electron chi connectivity index (χ2n) is 7.09. The first kappa shape index (κ1) is 28.7. The molecule has 1 aromatic rings. The van der Waals surface area contributed by atoms with Crippen LogP contribution in [0, 0.1) is 0 Å². The van der Waals surface area contributed by atoms with E-state index in [1.54, 1.807) is 26.2 Å². The quantitative estimate of drug-likeness (QED) is 0.162. The van der Waals surface area contributed by atoms with E-state index in [1.165, 1.54) is 18.2 Å². The zero-order valence-corrected chi connectivity index (χ0v) is 20.1. The second-order valence-corrected chi connectivity index (χ2v) is 7.09. The Balaban J connectivity index is 2.75. The van der Waals surface area contributed by atoms with E-state index < -0.39 is 11.9 Å². The number of amides is 1. The van der Waals surface area contributed by atoms with Gasteiger partial charge in [0, 0.05) is 26.3 Å². The highest BCUT2D eigenvalue weighted by Crippen LogP contribution is 2.14. The van der Waals surface area contributed by atoms with E-state index in [0.717, 1.165) is 5.57 Å². The van der Waals surface area contributed by atoms with Gasteiger partial charge in [-0.3, -0.25) is 14.8 Å². The minimum absolute atomic E-state index is 0.0208. The molecule has 0 saturated heterocycles. The van der Waals surface area contributed by atoms with Crippen molar-refractivity contribution in [3.63, 3.8) is 0 Å². The van der Waals surface area contributed by atoms with Gasteiger partial charge in [0.1, 0.15) is 5.71 Å². The molecular formula is C24H31N7O4. The van der Waals surface area contributed by atoms with Crippen LogP contribution >= 0.6 is 0 Å². The molecule has 6 N–H and O–H groups in total. The van der Waals surface area contributed by atoms with Gasteiger partial charge in [-0.2, -0.15) is 4.99 Å². The number of carboxylic acid groups (broad SMARTS) is 1. The predicted octanol–water partition coefficient (Wildman–Crippen LogP) is 1.89. The van der Waals surface area contributed by atoms with Gasteiger partial charge in [-0.05, 0) is 43.0 Å². The van der Waals surface area contributed by atoms with Crippen LogP contribution < -0.4 is 16.8 Å². The van der Waals surface area contributed by atoms with Crippen LogP contribution in [0.1, 0.15) is 27.6 Å². The molecule has 0 spiro atoms. The summed E-state index contributed by atoms with van der Waals surface area (Å²) in [5.74, 6) is -1.49. The Morgan fingerprint density at radius 2 is 1.89 bits per heavy atom. The first-order valence-corrected chi connectivity index (χ1v) is 10.4. The van der Waals surface area contributed by atoms with E-state index in [-0.39, 0.29) is 35.9 Å². The van der Waals surface area contributed by atoms with Gasteiger partial charge in [-0.25, -0.2) is 9.79 Å². The number of hydrogen-bond donors (Lipinski definition) is 4. The molecule has 1 aromatic carbocycles. The third-order valence-electron chi connectivity index (χ3n) is 4.51. The zero-order valence-electron chi connectivity index (χ0n) is 20.1. The summed E-state index contributed by atoms with van der Waals surface area (Å²) < 4.78 is 5.69. The van der Waals surface area contributed by atoms with Gasteiger partial charge in [0.25, 0.3) is 5.91 Å². The van der Waals surface area contributed by atoms with Crippen LogP contribution in [0.3, 0.4) is 0 Å². The predicted molar refractivity (Wildman–Crippen MR) is 141 cm³/mol. The fraction of sp³-hybridized carbons (Fsp3) is 0.250. The number of carbonyl (C=O) groups excluding carboxylic acids is 1. The van der Waals surface area contributed by atoms with Gasteiger partial charge in [0.15, 0.2) is 5.84 Å². The number of rotatable bonds is 11. The number of nitrogens with two attached hydrogens (primary N) is 2. The molecule has 0 aliphatic rings. The number of nitrogens with one attached hydrogen (secondary N) is 1. The summed E-state index contributed by atoms with van der Waals surface area (Å²) in [7, 11) is 3.15. The van der Waals surface area contributed by atoms with Crippen molar-refractivity contribution >= 4 is 41.8 Å². The van der Waals surface area contributed by atoms with Crippen LogP contribution in [0.25, 0.3) is 0 Å². The van der Waals surface area contributed by atoms with E-state index in [2.05, 4.69) is 38.6 Å². The van der Waals surface area contributed by atoms with Gasteiger partial charge in [-0.15, -0.1) is 0 Å². The lowest BCUT2D eigenvalue weighted by Crippen LogP contribution is -2.27. The molecule has 0 aliphatic carbocycles. The van der Waals surface area contributed by atoms with Gasteiger partial charge in [-0.1, -0.05) is 24.8 Å². The highest BCUT2D eigenvalue weighted by atomic mass is 16.5. The summed E-state index contributed by atoms with van der Waals surface area (Å²) in [5.41, 5.74) is 13.4. The molecule has 0 atom stereocenters. The number of amidine groups is 1. The highest BCUT2D eigenvalue weighted by Gasteiger charge is 2.16. The fourth-order valence-electron chi connectivity index (χ4n) is 2.64. The van der Waals surface area contributed by atoms with Crippen LogP contribution in [-0.4, -0.2) is 75.1 Å². The number of benzene rings is 1. The molecule has 11 nitrogen and oxygen atoms in total. The number of ether oxygens (including phenoxy) is 1. The number of anilines is 1.